The summed E-state index contributed by atoms with van der Waals surface area (Å²) in [6.07, 6.45) is 2.75. The third-order valence-corrected chi connectivity index (χ3v) is 4.37. The fourth-order valence-corrected chi connectivity index (χ4v) is 2.90. The van der Waals surface area contributed by atoms with Crippen molar-refractivity contribution in [1.29, 1.82) is 0 Å². The molecule has 0 aliphatic heterocycles. The van der Waals surface area contributed by atoms with E-state index >= 15 is 0 Å². The molecule has 2 unspecified atom stereocenters. The SMILES string of the molecule is COc1cc(F)cc(CNC(=O)NC2CCCC2(C)CO)c1. The van der Waals surface area contributed by atoms with Crippen LogP contribution in [0.25, 0.3) is 0 Å². The summed E-state index contributed by atoms with van der Waals surface area (Å²) in [6, 6.07) is 3.97. The Hall–Kier alpha value is -1.82. The summed E-state index contributed by atoms with van der Waals surface area (Å²) in [5, 5.41) is 15.1. The van der Waals surface area contributed by atoms with Gasteiger partial charge in [-0.1, -0.05) is 13.3 Å². The van der Waals surface area contributed by atoms with Crippen LogP contribution in [0.5, 0.6) is 5.75 Å². The van der Waals surface area contributed by atoms with Crippen LogP contribution in [-0.4, -0.2) is 30.9 Å². The maximum Gasteiger partial charge on any atom is 0.315 e. The number of carbonyl (C=O) groups excluding carboxylic acids is 1. The Morgan fingerprint density at radius 3 is 2.95 bits per heavy atom. The number of aliphatic hydroxyl groups is 1. The largest absolute Gasteiger partial charge is 0.497 e. The fraction of sp³-hybridized carbons (Fsp3) is 0.562. The van der Waals surface area contributed by atoms with Gasteiger partial charge in [0.1, 0.15) is 11.6 Å². The first-order chi connectivity index (χ1) is 10.5. The summed E-state index contributed by atoms with van der Waals surface area (Å²) in [7, 11) is 1.47. The Labute approximate surface area is 129 Å². The summed E-state index contributed by atoms with van der Waals surface area (Å²) in [5.41, 5.74) is 0.364. The van der Waals surface area contributed by atoms with Crippen molar-refractivity contribution in [1.82, 2.24) is 10.6 Å². The third-order valence-electron chi connectivity index (χ3n) is 4.37. The zero-order chi connectivity index (χ0) is 16.2. The highest BCUT2D eigenvalue weighted by Crippen LogP contribution is 2.37. The molecule has 122 valence electrons. The quantitative estimate of drug-likeness (QED) is 0.781. The van der Waals surface area contributed by atoms with Gasteiger partial charge in [0.2, 0.25) is 0 Å². The average Bonchev–Trinajstić information content (AvgIpc) is 2.86. The summed E-state index contributed by atoms with van der Waals surface area (Å²) >= 11 is 0. The average molecular weight is 310 g/mol. The highest BCUT2D eigenvalue weighted by molar-refractivity contribution is 5.74. The molecule has 1 aromatic carbocycles. The molecule has 0 saturated heterocycles. The van der Waals surface area contributed by atoms with Crippen LogP contribution in [0.2, 0.25) is 0 Å². The molecule has 2 rings (SSSR count). The van der Waals surface area contributed by atoms with Crippen molar-refractivity contribution in [3.63, 3.8) is 0 Å². The topological polar surface area (TPSA) is 70.6 Å². The lowest BCUT2D eigenvalue weighted by molar-refractivity contribution is 0.121. The number of urea groups is 1. The number of methoxy groups -OCH3 is 1. The zero-order valence-corrected chi connectivity index (χ0v) is 13.0. The van der Waals surface area contributed by atoms with Gasteiger partial charge >= 0.3 is 6.03 Å². The van der Waals surface area contributed by atoms with Crippen LogP contribution in [0.4, 0.5) is 9.18 Å². The molecule has 1 aliphatic rings. The van der Waals surface area contributed by atoms with Gasteiger partial charge in [0.05, 0.1) is 13.7 Å². The van der Waals surface area contributed by atoms with Crippen molar-refractivity contribution >= 4 is 6.03 Å². The number of benzene rings is 1. The first-order valence-electron chi connectivity index (χ1n) is 7.45. The first-order valence-corrected chi connectivity index (χ1v) is 7.45. The van der Waals surface area contributed by atoms with Crippen LogP contribution in [0, 0.1) is 11.2 Å². The van der Waals surface area contributed by atoms with E-state index in [0.29, 0.717) is 11.3 Å². The maximum atomic E-state index is 13.4. The van der Waals surface area contributed by atoms with Crippen LogP contribution < -0.4 is 15.4 Å². The molecule has 5 nitrogen and oxygen atoms in total. The van der Waals surface area contributed by atoms with Gasteiger partial charge in [-0.25, -0.2) is 9.18 Å². The number of rotatable bonds is 5. The van der Waals surface area contributed by atoms with Gasteiger partial charge in [-0.3, -0.25) is 0 Å². The van der Waals surface area contributed by atoms with E-state index in [0.717, 1.165) is 19.3 Å². The Morgan fingerprint density at radius 1 is 1.50 bits per heavy atom. The summed E-state index contributed by atoms with van der Waals surface area (Å²) in [5.74, 6) is 0.0149. The molecule has 0 aromatic heterocycles. The maximum absolute atomic E-state index is 13.4. The number of carbonyl (C=O) groups is 1. The second-order valence-electron chi connectivity index (χ2n) is 6.08. The van der Waals surface area contributed by atoms with Crippen molar-refractivity contribution < 1.29 is 19.0 Å². The number of amides is 2. The Kier molecular flexibility index (Phi) is 5.24. The molecular formula is C16H23FN2O3. The standard InChI is InChI=1S/C16H23FN2O3/c1-16(10-20)5-3-4-14(16)19-15(21)18-9-11-6-12(17)8-13(7-11)22-2/h6-8,14,20H,3-5,9-10H2,1-2H3,(H2,18,19,21). The number of hydrogen-bond acceptors (Lipinski definition) is 3. The summed E-state index contributed by atoms with van der Waals surface area (Å²) in [6.45, 7) is 2.24. The predicted octanol–water partition coefficient (Wildman–Crippen LogP) is 2.18. The normalized spacial score (nSPS) is 24.1. The number of nitrogens with one attached hydrogen (secondary N) is 2. The zero-order valence-electron chi connectivity index (χ0n) is 13.0. The molecule has 0 spiro atoms. The Morgan fingerprint density at radius 2 is 2.27 bits per heavy atom. The second kappa shape index (κ2) is 6.96. The van der Waals surface area contributed by atoms with E-state index in [9.17, 15) is 14.3 Å². The highest BCUT2D eigenvalue weighted by Gasteiger charge is 2.39. The number of halogens is 1. The molecule has 22 heavy (non-hydrogen) atoms. The van der Waals surface area contributed by atoms with Crippen LogP contribution in [0.3, 0.4) is 0 Å². The fourth-order valence-electron chi connectivity index (χ4n) is 2.90. The minimum atomic E-state index is -0.403. The molecule has 0 radical (unpaired) electrons. The molecular weight excluding hydrogens is 287 g/mol. The van der Waals surface area contributed by atoms with Gasteiger partial charge < -0.3 is 20.5 Å². The molecule has 2 atom stereocenters. The summed E-state index contributed by atoms with van der Waals surface area (Å²) in [4.78, 5) is 12.0. The van der Waals surface area contributed by atoms with Gasteiger partial charge in [0.15, 0.2) is 0 Å². The molecule has 1 fully saturated rings. The lowest BCUT2D eigenvalue weighted by Crippen LogP contribution is -2.48. The molecule has 3 N–H and O–H groups in total. The molecule has 2 amide bonds. The lowest BCUT2D eigenvalue weighted by atomic mass is 9.86. The van der Waals surface area contributed by atoms with E-state index in [-0.39, 0.29) is 30.6 Å². The Balaban J connectivity index is 1.89. The van der Waals surface area contributed by atoms with E-state index in [1.54, 1.807) is 6.07 Å². The summed E-state index contributed by atoms with van der Waals surface area (Å²) < 4.78 is 18.4. The molecule has 1 saturated carbocycles. The van der Waals surface area contributed by atoms with E-state index in [1.165, 1.54) is 19.2 Å². The second-order valence-corrected chi connectivity index (χ2v) is 6.08. The predicted molar refractivity (Wildman–Crippen MR) is 81.2 cm³/mol. The van der Waals surface area contributed by atoms with Crippen molar-refractivity contribution in [2.75, 3.05) is 13.7 Å². The molecule has 0 bridgehead atoms. The van der Waals surface area contributed by atoms with Crippen LogP contribution in [0.15, 0.2) is 18.2 Å². The third kappa shape index (κ3) is 3.88. The van der Waals surface area contributed by atoms with Gasteiger partial charge in [-0.2, -0.15) is 0 Å². The van der Waals surface area contributed by atoms with Crippen molar-refractivity contribution in [2.45, 2.75) is 38.8 Å². The van der Waals surface area contributed by atoms with Crippen LogP contribution in [0.1, 0.15) is 31.7 Å². The molecule has 0 heterocycles. The van der Waals surface area contributed by atoms with Gasteiger partial charge in [-0.05, 0) is 30.5 Å². The molecule has 1 aliphatic carbocycles. The van der Waals surface area contributed by atoms with E-state index in [2.05, 4.69) is 10.6 Å². The monoisotopic (exact) mass is 310 g/mol. The Bertz CT molecular complexity index is 538. The molecule has 1 aromatic rings. The van der Waals surface area contributed by atoms with E-state index in [1.807, 2.05) is 6.92 Å². The van der Waals surface area contributed by atoms with Gasteiger partial charge in [0, 0.05) is 24.1 Å². The minimum Gasteiger partial charge on any atom is -0.497 e. The number of ether oxygens (including phenoxy) is 1. The van der Waals surface area contributed by atoms with Crippen molar-refractivity contribution in [3.8, 4) is 5.75 Å². The molecule has 6 heteroatoms. The van der Waals surface area contributed by atoms with Crippen molar-refractivity contribution in [2.24, 2.45) is 5.41 Å². The van der Waals surface area contributed by atoms with Gasteiger partial charge in [0.25, 0.3) is 0 Å². The van der Waals surface area contributed by atoms with E-state index in [4.69, 9.17) is 4.74 Å². The lowest BCUT2D eigenvalue weighted by Gasteiger charge is -2.30. The highest BCUT2D eigenvalue weighted by atomic mass is 19.1. The number of aliphatic hydroxyl groups excluding tert-OH is 1. The van der Waals surface area contributed by atoms with Crippen LogP contribution in [-0.2, 0) is 6.54 Å². The smallest absolute Gasteiger partial charge is 0.315 e. The van der Waals surface area contributed by atoms with Crippen LogP contribution >= 0.6 is 0 Å². The minimum absolute atomic E-state index is 0.0421. The van der Waals surface area contributed by atoms with E-state index < -0.39 is 5.82 Å². The van der Waals surface area contributed by atoms with Crippen molar-refractivity contribution in [3.05, 3.63) is 29.6 Å². The first kappa shape index (κ1) is 16.5. The number of hydrogen-bond donors (Lipinski definition) is 3. The van der Waals surface area contributed by atoms with Gasteiger partial charge in [-0.15, -0.1) is 0 Å².